The lowest BCUT2D eigenvalue weighted by Gasteiger charge is -2.27. The summed E-state index contributed by atoms with van der Waals surface area (Å²) in [6.45, 7) is 7.21. The molecular formula is C17H23F2N3O3. The van der Waals surface area contributed by atoms with Crippen molar-refractivity contribution >= 4 is 12.1 Å². The van der Waals surface area contributed by atoms with Crippen LogP contribution < -0.4 is 0 Å². The number of aliphatic imine (C=N–C) groups is 1. The molecular weight excluding hydrogens is 332 g/mol. The van der Waals surface area contributed by atoms with Gasteiger partial charge in [-0.1, -0.05) is 6.92 Å². The number of rotatable bonds is 5. The summed E-state index contributed by atoms with van der Waals surface area (Å²) in [5, 5.41) is 9.92. The van der Waals surface area contributed by atoms with Gasteiger partial charge in [0.15, 0.2) is 5.69 Å². The zero-order chi connectivity index (χ0) is 18.8. The second-order valence-corrected chi connectivity index (χ2v) is 6.52. The fourth-order valence-corrected chi connectivity index (χ4v) is 2.41. The third-order valence-electron chi connectivity index (χ3n) is 3.88. The van der Waals surface area contributed by atoms with Crippen LogP contribution in [0.2, 0.25) is 0 Å². The van der Waals surface area contributed by atoms with Crippen molar-refractivity contribution in [2.45, 2.75) is 52.6 Å². The summed E-state index contributed by atoms with van der Waals surface area (Å²) in [6.07, 6.45) is 0.146. The van der Waals surface area contributed by atoms with Gasteiger partial charge in [-0.3, -0.25) is 9.79 Å². The number of aliphatic hydroxyl groups is 1. The monoisotopic (exact) mass is 355 g/mol. The Hall–Kier alpha value is -2.09. The number of carbonyl (C=O) groups is 1. The molecule has 2 rings (SSSR count). The summed E-state index contributed by atoms with van der Waals surface area (Å²) < 4.78 is 31.7. The van der Waals surface area contributed by atoms with E-state index in [0.717, 1.165) is 17.7 Å². The highest BCUT2D eigenvalue weighted by molar-refractivity contribution is 5.93. The van der Waals surface area contributed by atoms with Crippen molar-refractivity contribution in [2.24, 2.45) is 4.99 Å². The Balaban J connectivity index is 2.32. The summed E-state index contributed by atoms with van der Waals surface area (Å²) in [7, 11) is 0. The molecule has 1 N–H and O–H groups in total. The quantitative estimate of drug-likeness (QED) is 0.821. The Morgan fingerprint density at radius 1 is 1.52 bits per heavy atom. The lowest BCUT2D eigenvalue weighted by molar-refractivity contribution is 0.0451. The molecule has 0 atom stereocenters. The number of hydrogen-bond donors (Lipinski definition) is 1. The summed E-state index contributed by atoms with van der Waals surface area (Å²) in [5.74, 6) is -1.50. The second kappa shape index (κ2) is 7.43. The van der Waals surface area contributed by atoms with Gasteiger partial charge in [0.2, 0.25) is 11.7 Å². The van der Waals surface area contributed by atoms with Crippen molar-refractivity contribution in [3.05, 3.63) is 28.6 Å². The van der Waals surface area contributed by atoms with Crippen LogP contribution in [-0.2, 0) is 5.60 Å². The number of nitrogens with zero attached hydrogens (tertiary/aromatic N) is 3. The Morgan fingerprint density at radius 2 is 2.20 bits per heavy atom. The number of amides is 1. The molecule has 0 unspecified atom stereocenters. The molecule has 8 heteroatoms. The fraction of sp³-hybridized carbons (Fsp3) is 0.588. The van der Waals surface area contributed by atoms with Crippen LogP contribution >= 0.6 is 0 Å². The standard InChI is InChI=1S/C17H23F2N3O3/c1-5-7-20-11-9-22(8-6-10(11)2)15(23)13-12(14(18)19)21-16(25-13)17(3,4)24/h7,14,24H,5-6,8-9H2,1-4H3. The molecule has 0 aromatic carbocycles. The van der Waals surface area contributed by atoms with Gasteiger partial charge >= 0.3 is 0 Å². The zero-order valence-electron chi connectivity index (χ0n) is 14.8. The molecule has 1 aliphatic heterocycles. The molecule has 1 aliphatic rings. The van der Waals surface area contributed by atoms with Crippen LogP contribution in [0, 0.1) is 0 Å². The lowest BCUT2D eigenvalue weighted by atomic mass is 10.1. The van der Waals surface area contributed by atoms with Gasteiger partial charge in [0.25, 0.3) is 12.3 Å². The van der Waals surface area contributed by atoms with Crippen LogP contribution in [0.1, 0.15) is 69.1 Å². The van der Waals surface area contributed by atoms with Crippen molar-refractivity contribution in [1.29, 1.82) is 0 Å². The van der Waals surface area contributed by atoms with E-state index in [1.807, 2.05) is 13.8 Å². The molecule has 1 aromatic rings. The van der Waals surface area contributed by atoms with Gasteiger partial charge in [-0.05, 0) is 39.2 Å². The molecule has 0 saturated heterocycles. The fourth-order valence-electron chi connectivity index (χ4n) is 2.41. The van der Waals surface area contributed by atoms with E-state index in [0.29, 0.717) is 13.0 Å². The number of oxazole rings is 1. The molecule has 0 spiro atoms. The largest absolute Gasteiger partial charge is 0.432 e. The molecule has 25 heavy (non-hydrogen) atoms. The van der Waals surface area contributed by atoms with E-state index in [2.05, 4.69) is 9.98 Å². The molecule has 0 radical (unpaired) electrons. The summed E-state index contributed by atoms with van der Waals surface area (Å²) >= 11 is 0. The molecule has 1 amide bonds. The van der Waals surface area contributed by atoms with E-state index in [9.17, 15) is 18.7 Å². The summed E-state index contributed by atoms with van der Waals surface area (Å²) in [6, 6.07) is 0. The average molecular weight is 355 g/mol. The van der Waals surface area contributed by atoms with Gasteiger partial charge in [-0.2, -0.15) is 0 Å². The second-order valence-electron chi connectivity index (χ2n) is 6.52. The smallest absolute Gasteiger partial charge is 0.292 e. The molecule has 0 bridgehead atoms. The Bertz CT molecular complexity index is 702. The van der Waals surface area contributed by atoms with Crippen LogP contribution in [0.4, 0.5) is 8.78 Å². The Labute approximate surface area is 145 Å². The first-order valence-electron chi connectivity index (χ1n) is 8.17. The van der Waals surface area contributed by atoms with Crippen LogP contribution in [0.5, 0.6) is 0 Å². The zero-order valence-corrected chi connectivity index (χ0v) is 14.8. The third-order valence-corrected chi connectivity index (χ3v) is 3.88. The van der Waals surface area contributed by atoms with Crippen molar-refractivity contribution < 1.29 is 23.1 Å². The van der Waals surface area contributed by atoms with Gasteiger partial charge in [0, 0.05) is 12.8 Å². The van der Waals surface area contributed by atoms with E-state index in [-0.39, 0.29) is 12.4 Å². The maximum Gasteiger partial charge on any atom is 0.292 e. The molecule has 0 saturated carbocycles. The molecule has 138 valence electrons. The van der Waals surface area contributed by atoms with Gasteiger partial charge in [-0.25, -0.2) is 13.8 Å². The minimum absolute atomic E-state index is 0.225. The van der Waals surface area contributed by atoms with Gasteiger partial charge < -0.3 is 14.4 Å². The van der Waals surface area contributed by atoms with Crippen molar-refractivity contribution in [3.8, 4) is 0 Å². The lowest BCUT2D eigenvalue weighted by Crippen LogP contribution is -2.37. The van der Waals surface area contributed by atoms with Crippen molar-refractivity contribution in [2.75, 3.05) is 13.1 Å². The molecule has 0 aliphatic carbocycles. The summed E-state index contributed by atoms with van der Waals surface area (Å²) in [5.41, 5.74) is -0.483. The highest BCUT2D eigenvalue weighted by Gasteiger charge is 2.34. The van der Waals surface area contributed by atoms with E-state index in [1.165, 1.54) is 18.7 Å². The summed E-state index contributed by atoms with van der Waals surface area (Å²) in [4.78, 5) is 22.1. The highest BCUT2D eigenvalue weighted by Crippen LogP contribution is 2.30. The molecule has 0 fully saturated rings. The highest BCUT2D eigenvalue weighted by atomic mass is 19.3. The van der Waals surface area contributed by atoms with Crippen LogP contribution in [0.15, 0.2) is 20.7 Å². The maximum absolute atomic E-state index is 13.3. The number of carbonyl (C=O) groups excluding carboxylic acids is 1. The van der Waals surface area contributed by atoms with Gasteiger partial charge in [-0.15, -0.1) is 0 Å². The first kappa shape index (κ1) is 19.2. The number of alkyl halides is 2. The molecule has 6 nitrogen and oxygen atoms in total. The first-order valence-corrected chi connectivity index (χ1v) is 8.17. The van der Waals surface area contributed by atoms with Crippen LogP contribution in [-0.4, -0.2) is 40.2 Å². The topological polar surface area (TPSA) is 78.9 Å². The van der Waals surface area contributed by atoms with E-state index in [4.69, 9.17) is 4.42 Å². The van der Waals surface area contributed by atoms with E-state index >= 15 is 0 Å². The van der Waals surface area contributed by atoms with E-state index < -0.39 is 29.4 Å². The third kappa shape index (κ3) is 4.31. The van der Waals surface area contributed by atoms with Crippen LogP contribution in [0.3, 0.4) is 0 Å². The Kier molecular flexibility index (Phi) is 5.72. The van der Waals surface area contributed by atoms with Gasteiger partial charge in [0.05, 0.1) is 12.2 Å². The molecule has 2 heterocycles. The van der Waals surface area contributed by atoms with Crippen molar-refractivity contribution in [3.63, 3.8) is 0 Å². The number of hydrogen-bond acceptors (Lipinski definition) is 5. The SMILES string of the molecule is CCC=NC1=C(C)CCN(C(=O)c2oc(C(C)(C)O)nc2C(F)F)C1. The predicted octanol–water partition coefficient (Wildman–Crippen LogP) is 3.44. The minimum atomic E-state index is -2.97. The van der Waals surface area contributed by atoms with Crippen molar-refractivity contribution in [1.82, 2.24) is 9.88 Å². The normalized spacial score (nSPS) is 16.4. The molecule has 1 aromatic heterocycles. The number of halogens is 2. The predicted molar refractivity (Wildman–Crippen MR) is 88.7 cm³/mol. The minimum Gasteiger partial charge on any atom is -0.432 e. The number of aromatic nitrogens is 1. The van der Waals surface area contributed by atoms with Gasteiger partial charge in [0.1, 0.15) is 5.60 Å². The maximum atomic E-state index is 13.3. The van der Waals surface area contributed by atoms with Crippen LogP contribution in [0.25, 0.3) is 0 Å². The van der Waals surface area contributed by atoms with E-state index in [1.54, 1.807) is 6.21 Å². The Morgan fingerprint density at radius 3 is 2.76 bits per heavy atom. The average Bonchev–Trinajstić information content (AvgIpc) is 2.99. The first-order chi connectivity index (χ1) is 11.6.